The van der Waals surface area contributed by atoms with Crippen molar-refractivity contribution >= 4 is 27.4 Å². The van der Waals surface area contributed by atoms with Crippen LogP contribution in [0.25, 0.3) is 0 Å². The molecule has 7 nitrogen and oxygen atoms in total. The normalized spacial score (nSPS) is 15.0. The fourth-order valence-corrected chi connectivity index (χ4v) is 4.00. The van der Waals surface area contributed by atoms with E-state index in [1.165, 1.54) is 0 Å². The van der Waals surface area contributed by atoms with Crippen molar-refractivity contribution in [3.63, 3.8) is 0 Å². The topological polar surface area (TPSA) is 82.6 Å². The second-order valence-electron chi connectivity index (χ2n) is 6.32. The lowest BCUT2D eigenvalue weighted by atomic mass is 10.2. The number of piperazine rings is 1. The molecular weight excluding hydrogens is 352 g/mol. The first-order valence-electron chi connectivity index (χ1n) is 8.41. The molecule has 1 fully saturated rings. The number of hydrogen-bond acceptors (Lipinski definition) is 5. The van der Waals surface area contributed by atoms with Gasteiger partial charge in [0.05, 0.1) is 16.8 Å². The fraction of sp³-hybridized carbons (Fsp3) is 0.333. The van der Waals surface area contributed by atoms with E-state index in [0.29, 0.717) is 13.1 Å². The molecule has 0 unspecified atom stereocenters. The number of nitrogens with one attached hydrogen (secondary N) is 1. The summed E-state index contributed by atoms with van der Waals surface area (Å²) in [6, 6.07) is 10.2. The molecule has 0 spiro atoms. The molecule has 3 rings (SSSR count). The summed E-state index contributed by atoms with van der Waals surface area (Å²) in [6.07, 6.45) is 1.65. The van der Waals surface area contributed by atoms with E-state index in [4.69, 9.17) is 0 Å². The van der Waals surface area contributed by atoms with Gasteiger partial charge in [-0.25, -0.2) is 13.4 Å². The van der Waals surface area contributed by atoms with Crippen molar-refractivity contribution in [2.24, 2.45) is 0 Å². The maximum Gasteiger partial charge on any atom is 0.263 e. The van der Waals surface area contributed by atoms with E-state index in [-0.39, 0.29) is 16.6 Å². The summed E-state index contributed by atoms with van der Waals surface area (Å²) in [4.78, 5) is 19.8. The largest absolute Gasteiger partial charge is 0.367 e. The minimum absolute atomic E-state index is 0.0867. The number of sulfonamides is 1. The van der Waals surface area contributed by atoms with E-state index in [1.54, 1.807) is 37.4 Å². The number of aryl methyl sites for hydroxylation is 1. The lowest BCUT2D eigenvalue weighted by Gasteiger charge is -2.35. The summed E-state index contributed by atoms with van der Waals surface area (Å²) in [6.45, 7) is 6.24. The maximum atomic E-state index is 12.4. The summed E-state index contributed by atoms with van der Waals surface area (Å²) >= 11 is 0. The Hall–Kier alpha value is -2.61. The highest BCUT2D eigenvalue weighted by molar-refractivity contribution is 7.92. The van der Waals surface area contributed by atoms with Crippen molar-refractivity contribution in [3.8, 4) is 0 Å². The number of carbonyl (C=O) groups excluding carboxylic acids is 1. The molecule has 0 aliphatic carbocycles. The van der Waals surface area contributed by atoms with Gasteiger partial charge in [0.2, 0.25) is 5.91 Å². The van der Waals surface area contributed by atoms with E-state index in [0.717, 1.165) is 24.3 Å². The molecule has 1 aliphatic rings. The van der Waals surface area contributed by atoms with E-state index in [2.05, 4.69) is 14.6 Å². The molecule has 26 heavy (non-hydrogen) atoms. The van der Waals surface area contributed by atoms with Gasteiger partial charge in [0.15, 0.2) is 0 Å². The second-order valence-corrected chi connectivity index (χ2v) is 8.00. The minimum Gasteiger partial charge on any atom is -0.367 e. The first kappa shape index (κ1) is 18.2. The van der Waals surface area contributed by atoms with Crippen molar-refractivity contribution in [2.75, 3.05) is 35.8 Å². The SMILES string of the molecule is CC(=O)N1CCN(c2ccc(NS(=O)(=O)c3cccc(C)c3)nc2)CC1. The molecule has 1 aromatic heterocycles. The monoisotopic (exact) mass is 374 g/mol. The molecule has 0 radical (unpaired) electrons. The highest BCUT2D eigenvalue weighted by Crippen LogP contribution is 2.20. The van der Waals surface area contributed by atoms with Crippen LogP contribution in [0.15, 0.2) is 47.5 Å². The number of aromatic nitrogens is 1. The summed E-state index contributed by atoms with van der Waals surface area (Å²) in [5, 5.41) is 0. The molecule has 8 heteroatoms. The van der Waals surface area contributed by atoms with E-state index in [1.807, 2.05) is 24.0 Å². The molecule has 2 aromatic rings. The third kappa shape index (κ3) is 4.13. The molecule has 1 saturated heterocycles. The average Bonchev–Trinajstić information content (AvgIpc) is 2.62. The van der Waals surface area contributed by atoms with Crippen molar-refractivity contribution in [1.82, 2.24) is 9.88 Å². The standard InChI is InChI=1S/C18H22N4O3S/c1-14-4-3-5-17(12-14)26(24,25)20-18-7-6-16(13-19-18)22-10-8-21(9-11-22)15(2)23/h3-7,12-13H,8-11H2,1-2H3,(H,19,20). The quantitative estimate of drug-likeness (QED) is 0.883. The lowest BCUT2D eigenvalue weighted by molar-refractivity contribution is -0.129. The highest BCUT2D eigenvalue weighted by atomic mass is 32.2. The van der Waals surface area contributed by atoms with Gasteiger partial charge in [-0.15, -0.1) is 0 Å². The van der Waals surface area contributed by atoms with Gasteiger partial charge in [-0.2, -0.15) is 0 Å². The summed E-state index contributed by atoms with van der Waals surface area (Å²) in [5.41, 5.74) is 1.78. The van der Waals surface area contributed by atoms with Crippen LogP contribution in [0.2, 0.25) is 0 Å². The number of nitrogens with zero attached hydrogens (tertiary/aromatic N) is 3. The van der Waals surface area contributed by atoms with Gasteiger partial charge in [0, 0.05) is 33.1 Å². The first-order valence-corrected chi connectivity index (χ1v) is 9.89. The fourth-order valence-electron chi connectivity index (χ4n) is 2.89. The summed E-state index contributed by atoms with van der Waals surface area (Å²) in [5.74, 6) is 0.362. The molecule has 0 bridgehead atoms. The van der Waals surface area contributed by atoms with Crippen LogP contribution in [0, 0.1) is 6.92 Å². The van der Waals surface area contributed by atoms with Crippen LogP contribution in [0.1, 0.15) is 12.5 Å². The number of amides is 1. The van der Waals surface area contributed by atoms with Crippen molar-refractivity contribution in [1.29, 1.82) is 0 Å². The number of carbonyl (C=O) groups is 1. The second kappa shape index (κ2) is 7.33. The Morgan fingerprint density at radius 1 is 1.12 bits per heavy atom. The van der Waals surface area contributed by atoms with Crippen molar-refractivity contribution in [2.45, 2.75) is 18.7 Å². The molecule has 1 aliphatic heterocycles. The Morgan fingerprint density at radius 2 is 1.85 bits per heavy atom. The Kier molecular flexibility index (Phi) is 5.13. The number of hydrogen-bond donors (Lipinski definition) is 1. The van der Waals surface area contributed by atoms with Crippen LogP contribution in [0.4, 0.5) is 11.5 Å². The van der Waals surface area contributed by atoms with E-state index >= 15 is 0 Å². The summed E-state index contributed by atoms with van der Waals surface area (Å²) < 4.78 is 27.4. The Morgan fingerprint density at radius 3 is 2.42 bits per heavy atom. The summed E-state index contributed by atoms with van der Waals surface area (Å²) in [7, 11) is -3.66. The molecular formula is C18H22N4O3S. The third-order valence-electron chi connectivity index (χ3n) is 4.38. The molecule has 0 saturated carbocycles. The molecule has 1 amide bonds. The van der Waals surface area contributed by atoms with Gasteiger partial charge >= 0.3 is 0 Å². The zero-order valence-corrected chi connectivity index (χ0v) is 15.7. The van der Waals surface area contributed by atoms with Gasteiger partial charge in [0.25, 0.3) is 10.0 Å². The van der Waals surface area contributed by atoms with E-state index in [9.17, 15) is 13.2 Å². The van der Waals surface area contributed by atoms with Crippen LogP contribution >= 0.6 is 0 Å². The average molecular weight is 374 g/mol. The molecule has 2 heterocycles. The Balaban J connectivity index is 1.67. The van der Waals surface area contributed by atoms with Crippen molar-refractivity contribution < 1.29 is 13.2 Å². The maximum absolute atomic E-state index is 12.4. The number of benzene rings is 1. The predicted octanol–water partition coefficient (Wildman–Crippen LogP) is 1.86. The highest BCUT2D eigenvalue weighted by Gasteiger charge is 2.19. The molecule has 0 atom stereocenters. The van der Waals surface area contributed by atoms with Crippen LogP contribution in [0.5, 0.6) is 0 Å². The van der Waals surface area contributed by atoms with E-state index < -0.39 is 10.0 Å². The zero-order chi connectivity index (χ0) is 18.7. The van der Waals surface area contributed by atoms with Crippen LogP contribution in [0.3, 0.4) is 0 Å². The lowest BCUT2D eigenvalue weighted by Crippen LogP contribution is -2.48. The molecule has 1 N–H and O–H groups in total. The number of anilines is 2. The smallest absolute Gasteiger partial charge is 0.263 e. The Labute approximate surface area is 153 Å². The number of pyridine rings is 1. The van der Waals surface area contributed by atoms with Gasteiger partial charge in [-0.3, -0.25) is 9.52 Å². The zero-order valence-electron chi connectivity index (χ0n) is 14.8. The van der Waals surface area contributed by atoms with Gasteiger partial charge in [-0.1, -0.05) is 12.1 Å². The molecule has 138 valence electrons. The van der Waals surface area contributed by atoms with Gasteiger partial charge in [0.1, 0.15) is 5.82 Å². The Bertz CT molecular complexity index is 889. The van der Waals surface area contributed by atoms with Gasteiger partial charge < -0.3 is 9.80 Å². The minimum atomic E-state index is -3.66. The van der Waals surface area contributed by atoms with Crippen LogP contribution in [-0.4, -0.2) is 50.4 Å². The number of rotatable bonds is 4. The van der Waals surface area contributed by atoms with Crippen LogP contribution in [-0.2, 0) is 14.8 Å². The predicted molar refractivity (Wildman–Crippen MR) is 101 cm³/mol. The third-order valence-corrected chi connectivity index (χ3v) is 5.73. The molecule has 1 aromatic carbocycles. The van der Waals surface area contributed by atoms with Gasteiger partial charge in [-0.05, 0) is 36.8 Å². The van der Waals surface area contributed by atoms with Crippen LogP contribution < -0.4 is 9.62 Å². The first-order chi connectivity index (χ1) is 12.3. The van der Waals surface area contributed by atoms with Crippen molar-refractivity contribution in [3.05, 3.63) is 48.2 Å².